The molecule has 0 spiro atoms. The third-order valence-electron chi connectivity index (χ3n) is 4.37. The largest absolute Gasteiger partial charge is 0.494 e. The van der Waals surface area contributed by atoms with Gasteiger partial charge in [-0.05, 0) is 25.1 Å². The minimum absolute atomic E-state index is 0.0389. The number of nitrogens with zero attached hydrogens (tertiary/aromatic N) is 1. The van der Waals surface area contributed by atoms with Gasteiger partial charge in [0.05, 0.1) is 41.5 Å². The minimum Gasteiger partial charge on any atom is -0.494 e. The van der Waals surface area contributed by atoms with Crippen molar-refractivity contribution in [1.82, 2.24) is 0 Å². The summed E-state index contributed by atoms with van der Waals surface area (Å²) in [5, 5.41) is 16.7. The number of quaternary nitrogens is 1. The summed E-state index contributed by atoms with van der Waals surface area (Å²) in [5.41, 5.74) is 0.662. The van der Waals surface area contributed by atoms with Crippen LogP contribution in [0.2, 0.25) is 5.02 Å². The van der Waals surface area contributed by atoms with Gasteiger partial charge in [-0.25, -0.2) is 0 Å². The lowest BCUT2D eigenvalue weighted by molar-refractivity contribution is -0.885. The SMILES string of the molecule is COc1cc([N+](=O)[O-])ccc1NC(=O)[C@@H](C)[NH+](C)CC(=O)Nc1ccccc1Cl. The molecular formula is C19H22ClN4O5+. The molecule has 0 aliphatic rings. The Morgan fingerprint density at radius 2 is 1.90 bits per heavy atom. The highest BCUT2D eigenvalue weighted by molar-refractivity contribution is 6.33. The van der Waals surface area contributed by atoms with Gasteiger partial charge in [0.2, 0.25) is 0 Å². The summed E-state index contributed by atoms with van der Waals surface area (Å²) in [6.07, 6.45) is 0. The van der Waals surface area contributed by atoms with E-state index in [1.165, 1.54) is 25.3 Å². The maximum Gasteiger partial charge on any atom is 0.282 e. The van der Waals surface area contributed by atoms with Crippen molar-refractivity contribution in [3.8, 4) is 5.75 Å². The van der Waals surface area contributed by atoms with Crippen LogP contribution in [0.15, 0.2) is 42.5 Å². The molecule has 0 saturated heterocycles. The number of ether oxygens (including phenoxy) is 1. The van der Waals surface area contributed by atoms with E-state index in [4.69, 9.17) is 16.3 Å². The second-order valence-corrected chi connectivity index (χ2v) is 6.81. The van der Waals surface area contributed by atoms with Crippen molar-refractivity contribution in [2.75, 3.05) is 31.3 Å². The van der Waals surface area contributed by atoms with Crippen LogP contribution in [0, 0.1) is 10.1 Å². The first-order valence-corrected chi connectivity index (χ1v) is 9.10. The molecule has 0 fully saturated rings. The standard InChI is InChI=1S/C19H21ClN4O5/c1-12(23(2)11-18(25)21-15-7-5-4-6-14(15)20)19(26)22-16-9-8-13(24(27)28)10-17(16)29-3/h4-10,12H,11H2,1-3H3,(H,21,25)(H,22,26)/p+1/t12-/m1/s1. The number of amides is 2. The van der Waals surface area contributed by atoms with Gasteiger partial charge < -0.3 is 20.3 Å². The predicted molar refractivity (Wildman–Crippen MR) is 110 cm³/mol. The van der Waals surface area contributed by atoms with Crippen LogP contribution < -0.4 is 20.3 Å². The number of rotatable bonds is 8. The molecule has 0 aromatic heterocycles. The number of carbonyl (C=O) groups excluding carboxylic acids is 2. The number of nitro groups is 1. The Morgan fingerprint density at radius 1 is 1.21 bits per heavy atom. The summed E-state index contributed by atoms with van der Waals surface area (Å²) < 4.78 is 5.12. The molecule has 0 saturated carbocycles. The van der Waals surface area contributed by atoms with Gasteiger partial charge in [-0.3, -0.25) is 19.7 Å². The van der Waals surface area contributed by atoms with E-state index in [2.05, 4.69) is 10.6 Å². The van der Waals surface area contributed by atoms with E-state index in [0.717, 1.165) is 0 Å². The third-order valence-corrected chi connectivity index (χ3v) is 4.70. The number of likely N-dealkylation sites (N-methyl/N-ethyl adjacent to an activating group) is 1. The zero-order valence-corrected chi connectivity index (χ0v) is 16.9. The van der Waals surface area contributed by atoms with E-state index in [1.807, 2.05) is 0 Å². The third kappa shape index (κ3) is 5.90. The number of nitrogens with one attached hydrogen (secondary N) is 3. The summed E-state index contributed by atoms with van der Waals surface area (Å²) in [4.78, 5) is 35.8. The van der Waals surface area contributed by atoms with Crippen molar-refractivity contribution in [1.29, 1.82) is 0 Å². The van der Waals surface area contributed by atoms with Crippen LogP contribution in [0.3, 0.4) is 0 Å². The molecule has 2 aromatic carbocycles. The first kappa shape index (κ1) is 22.1. The topological polar surface area (TPSA) is 115 Å². The van der Waals surface area contributed by atoms with Crippen molar-refractivity contribution in [2.45, 2.75) is 13.0 Å². The Morgan fingerprint density at radius 3 is 2.52 bits per heavy atom. The van der Waals surface area contributed by atoms with Gasteiger partial charge in [0.25, 0.3) is 17.5 Å². The molecule has 1 unspecified atom stereocenters. The number of hydrogen-bond donors (Lipinski definition) is 3. The lowest BCUT2D eigenvalue weighted by atomic mass is 10.2. The Balaban J connectivity index is 1.99. The molecule has 154 valence electrons. The average molecular weight is 422 g/mol. The molecule has 29 heavy (non-hydrogen) atoms. The quantitative estimate of drug-likeness (QED) is 0.443. The molecule has 0 bridgehead atoms. The molecular weight excluding hydrogens is 400 g/mol. The number of para-hydroxylation sites is 1. The smallest absolute Gasteiger partial charge is 0.282 e. The Labute approximate surface area is 172 Å². The van der Waals surface area contributed by atoms with Crippen LogP contribution >= 0.6 is 11.6 Å². The fourth-order valence-corrected chi connectivity index (χ4v) is 2.71. The highest BCUT2D eigenvalue weighted by Gasteiger charge is 2.25. The normalized spacial score (nSPS) is 12.6. The van der Waals surface area contributed by atoms with Gasteiger partial charge in [-0.1, -0.05) is 23.7 Å². The van der Waals surface area contributed by atoms with E-state index < -0.39 is 11.0 Å². The molecule has 0 radical (unpaired) electrons. The summed E-state index contributed by atoms with van der Waals surface area (Å²) in [7, 11) is 3.07. The van der Waals surface area contributed by atoms with Gasteiger partial charge in [-0.2, -0.15) is 0 Å². The Kier molecular flexibility index (Phi) is 7.52. The Hall–Kier alpha value is -3.17. The van der Waals surface area contributed by atoms with Crippen molar-refractivity contribution in [3.05, 3.63) is 57.6 Å². The fraction of sp³-hybridized carbons (Fsp3) is 0.263. The van der Waals surface area contributed by atoms with Crippen LogP contribution in [0.25, 0.3) is 0 Å². The summed E-state index contributed by atoms with van der Waals surface area (Å²) >= 11 is 6.03. The molecule has 9 nitrogen and oxygen atoms in total. The van der Waals surface area contributed by atoms with Crippen LogP contribution in [0.5, 0.6) is 5.75 Å². The molecule has 0 aliphatic heterocycles. The Bertz CT molecular complexity index is 921. The van der Waals surface area contributed by atoms with Crippen molar-refractivity contribution in [2.24, 2.45) is 0 Å². The van der Waals surface area contributed by atoms with E-state index in [0.29, 0.717) is 21.3 Å². The number of carbonyl (C=O) groups is 2. The van der Waals surface area contributed by atoms with Gasteiger partial charge in [0.1, 0.15) is 5.75 Å². The zero-order valence-electron chi connectivity index (χ0n) is 16.2. The summed E-state index contributed by atoms with van der Waals surface area (Å²) in [6.45, 7) is 1.71. The van der Waals surface area contributed by atoms with Crippen LogP contribution in [0.4, 0.5) is 17.1 Å². The second kappa shape index (κ2) is 9.85. The molecule has 10 heteroatoms. The van der Waals surface area contributed by atoms with E-state index in [1.54, 1.807) is 38.2 Å². The molecule has 3 N–H and O–H groups in total. The van der Waals surface area contributed by atoms with Crippen molar-refractivity contribution < 1.29 is 24.1 Å². The fourth-order valence-electron chi connectivity index (χ4n) is 2.52. The molecule has 2 atom stereocenters. The van der Waals surface area contributed by atoms with Gasteiger partial charge in [-0.15, -0.1) is 0 Å². The molecule has 0 aliphatic carbocycles. The first-order valence-electron chi connectivity index (χ1n) is 8.73. The monoisotopic (exact) mass is 421 g/mol. The van der Waals surface area contributed by atoms with Crippen molar-refractivity contribution in [3.63, 3.8) is 0 Å². The van der Waals surface area contributed by atoms with Gasteiger partial charge in [0.15, 0.2) is 12.6 Å². The van der Waals surface area contributed by atoms with Crippen LogP contribution in [0.1, 0.15) is 6.92 Å². The van der Waals surface area contributed by atoms with E-state index >= 15 is 0 Å². The van der Waals surface area contributed by atoms with Gasteiger partial charge >= 0.3 is 0 Å². The van der Waals surface area contributed by atoms with E-state index in [9.17, 15) is 19.7 Å². The van der Waals surface area contributed by atoms with Crippen LogP contribution in [-0.2, 0) is 9.59 Å². The number of hydrogen-bond acceptors (Lipinski definition) is 5. The van der Waals surface area contributed by atoms with E-state index in [-0.39, 0.29) is 29.8 Å². The number of halogens is 1. The zero-order chi connectivity index (χ0) is 21.6. The summed E-state index contributed by atoms with van der Waals surface area (Å²) in [6, 6.07) is 10.2. The molecule has 2 aromatic rings. The predicted octanol–water partition coefficient (Wildman–Crippen LogP) is 1.74. The summed E-state index contributed by atoms with van der Waals surface area (Å²) in [5.74, 6) is -0.475. The second-order valence-electron chi connectivity index (χ2n) is 6.40. The number of non-ortho nitro benzene ring substituents is 1. The lowest BCUT2D eigenvalue weighted by Crippen LogP contribution is -3.14. The van der Waals surface area contributed by atoms with Crippen LogP contribution in [-0.4, -0.2) is 43.5 Å². The van der Waals surface area contributed by atoms with Crippen molar-refractivity contribution >= 4 is 40.5 Å². The number of benzene rings is 2. The molecule has 0 heterocycles. The number of methoxy groups -OCH3 is 1. The van der Waals surface area contributed by atoms with Gasteiger partial charge in [0, 0.05) is 6.07 Å². The lowest BCUT2D eigenvalue weighted by Gasteiger charge is -2.21. The highest BCUT2D eigenvalue weighted by atomic mass is 35.5. The average Bonchev–Trinajstić information content (AvgIpc) is 2.69. The highest BCUT2D eigenvalue weighted by Crippen LogP contribution is 2.29. The minimum atomic E-state index is -0.577. The molecule has 2 amide bonds. The number of nitro benzene ring substituents is 1. The number of anilines is 2. The maximum absolute atomic E-state index is 12.6. The first-order chi connectivity index (χ1) is 13.7. The molecule has 2 rings (SSSR count). The maximum atomic E-state index is 12.6.